The molecule has 0 aliphatic heterocycles. The van der Waals surface area contributed by atoms with Crippen LogP contribution in [0.15, 0.2) is 5.38 Å². The number of hydrogen-bond donors (Lipinski definition) is 0. The Bertz CT molecular complexity index is 686. The molecule has 8 heteroatoms. The number of rotatable bonds is 10. The lowest BCUT2D eigenvalue weighted by Crippen LogP contribution is -2.30. The molecule has 0 aliphatic rings. The molecule has 142 valence electrons. The van der Waals surface area contributed by atoms with E-state index < -0.39 is 14.6 Å². The molecule has 0 saturated carbocycles. The topological polar surface area (TPSA) is 90.4 Å². The predicted octanol–water partition coefficient (Wildman–Crippen LogP) is 2.74. The summed E-state index contributed by atoms with van der Waals surface area (Å²) in [6.07, 6.45) is 2.76. The third-order valence-electron chi connectivity index (χ3n) is 3.80. The number of carbonyl (C=O) groups is 2. The van der Waals surface area contributed by atoms with Crippen molar-refractivity contribution in [2.75, 3.05) is 12.9 Å². The highest BCUT2D eigenvalue weighted by molar-refractivity contribution is 7.92. The molecule has 0 fully saturated rings. The zero-order chi connectivity index (χ0) is 19.1. The van der Waals surface area contributed by atoms with Gasteiger partial charge in [-0.25, -0.2) is 13.4 Å². The van der Waals surface area contributed by atoms with Crippen molar-refractivity contribution < 1.29 is 22.7 Å². The molecule has 0 unspecified atom stereocenters. The van der Waals surface area contributed by atoms with Gasteiger partial charge in [-0.3, -0.25) is 9.59 Å². The molecule has 0 aliphatic carbocycles. The zero-order valence-corrected chi connectivity index (χ0v) is 17.0. The minimum atomic E-state index is -3.09. The van der Waals surface area contributed by atoms with Crippen molar-refractivity contribution in [3.63, 3.8) is 0 Å². The highest BCUT2D eigenvalue weighted by atomic mass is 32.2. The third-order valence-corrected chi connectivity index (χ3v) is 7.39. The summed E-state index contributed by atoms with van der Waals surface area (Å²) in [5.74, 6) is -0.111. The van der Waals surface area contributed by atoms with Crippen LogP contribution >= 0.6 is 11.3 Å². The number of aromatic nitrogens is 1. The molecular formula is C17H27NO5S2. The van der Waals surface area contributed by atoms with Gasteiger partial charge in [-0.2, -0.15) is 0 Å². The maximum atomic E-state index is 12.0. The molecule has 1 aromatic rings. The quantitative estimate of drug-likeness (QED) is 0.451. The lowest BCUT2D eigenvalue weighted by Gasteiger charge is -2.18. The van der Waals surface area contributed by atoms with Crippen molar-refractivity contribution in [3.8, 4) is 0 Å². The van der Waals surface area contributed by atoms with Crippen LogP contribution in [0.4, 0.5) is 0 Å². The first-order valence-electron chi connectivity index (χ1n) is 8.29. The molecule has 1 aromatic heterocycles. The summed E-state index contributed by atoms with van der Waals surface area (Å²) >= 11 is 1.36. The van der Waals surface area contributed by atoms with Gasteiger partial charge in [-0.15, -0.1) is 11.3 Å². The summed E-state index contributed by atoms with van der Waals surface area (Å²) in [5, 5.41) is 2.45. The number of hydrogen-bond acceptors (Lipinski definition) is 7. The Kier molecular flexibility index (Phi) is 8.21. The van der Waals surface area contributed by atoms with Gasteiger partial charge in [0.1, 0.15) is 10.8 Å². The second kappa shape index (κ2) is 9.43. The van der Waals surface area contributed by atoms with Crippen molar-refractivity contribution in [2.45, 2.75) is 64.0 Å². The fraction of sp³-hybridized carbons (Fsp3) is 0.706. The lowest BCUT2D eigenvalue weighted by molar-refractivity contribution is -0.139. The number of carbonyl (C=O) groups excluding carboxylic acids is 2. The van der Waals surface area contributed by atoms with Crippen LogP contribution < -0.4 is 0 Å². The van der Waals surface area contributed by atoms with E-state index in [9.17, 15) is 18.0 Å². The Morgan fingerprint density at radius 1 is 1.16 bits per heavy atom. The van der Waals surface area contributed by atoms with Gasteiger partial charge in [-0.1, -0.05) is 6.42 Å². The number of esters is 1. The van der Waals surface area contributed by atoms with Gasteiger partial charge in [0.05, 0.1) is 36.1 Å². The van der Waals surface area contributed by atoms with Crippen LogP contribution in [-0.2, 0) is 37.0 Å². The van der Waals surface area contributed by atoms with Gasteiger partial charge in [-0.05, 0) is 33.6 Å². The molecule has 0 atom stereocenters. The lowest BCUT2D eigenvalue weighted by atomic mass is 10.1. The number of thiazole rings is 1. The van der Waals surface area contributed by atoms with Gasteiger partial charge < -0.3 is 4.74 Å². The van der Waals surface area contributed by atoms with E-state index in [-0.39, 0.29) is 30.3 Å². The van der Waals surface area contributed by atoms with Crippen molar-refractivity contribution in [1.29, 1.82) is 0 Å². The maximum absolute atomic E-state index is 12.0. The molecule has 0 N–H and O–H groups in total. The predicted molar refractivity (Wildman–Crippen MR) is 98.6 cm³/mol. The summed E-state index contributed by atoms with van der Waals surface area (Å²) in [6, 6.07) is 0. The fourth-order valence-corrected chi connectivity index (χ4v) is 4.10. The van der Waals surface area contributed by atoms with Crippen LogP contribution in [0.5, 0.6) is 0 Å². The minimum absolute atomic E-state index is 0.0812. The highest BCUT2D eigenvalue weighted by Crippen LogP contribution is 2.18. The zero-order valence-electron chi connectivity index (χ0n) is 15.3. The summed E-state index contributed by atoms with van der Waals surface area (Å²) in [6.45, 7) is 5.11. The average Bonchev–Trinajstić information content (AvgIpc) is 2.92. The van der Waals surface area contributed by atoms with Crippen LogP contribution in [0.3, 0.4) is 0 Å². The summed E-state index contributed by atoms with van der Waals surface area (Å²) in [4.78, 5) is 27.4. The average molecular weight is 390 g/mol. The Morgan fingerprint density at radius 3 is 2.44 bits per heavy atom. The molecule has 1 rings (SSSR count). The second-order valence-electron chi connectivity index (χ2n) is 6.94. The standard InChI is InChI=1S/C17H27NO5S2/c1-17(2,3)25(21,22)9-7-5-6-8-14(19)11-15-18-13(12-24-15)10-16(20)23-4/h12H,5-11H2,1-4H3. The largest absolute Gasteiger partial charge is 0.469 e. The summed E-state index contributed by atoms with van der Waals surface area (Å²) in [5.41, 5.74) is 0.618. The number of methoxy groups -OCH3 is 1. The van der Waals surface area contributed by atoms with Crippen molar-refractivity contribution >= 4 is 32.9 Å². The van der Waals surface area contributed by atoms with Crippen molar-refractivity contribution in [3.05, 3.63) is 16.1 Å². The van der Waals surface area contributed by atoms with E-state index in [1.807, 2.05) is 0 Å². The van der Waals surface area contributed by atoms with E-state index in [1.54, 1.807) is 26.2 Å². The normalized spacial score (nSPS) is 12.2. The molecule has 0 bridgehead atoms. The number of sulfone groups is 1. The molecule has 0 radical (unpaired) electrons. The Morgan fingerprint density at radius 2 is 1.84 bits per heavy atom. The van der Waals surface area contributed by atoms with Crippen LogP contribution in [0.25, 0.3) is 0 Å². The summed E-state index contributed by atoms with van der Waals surface area (Å²) < 4.78 is 27.8. The Balaban J connectivity index is 2.29. The van der Waals surface area contributed by atoms with Gasteiger partial charge in [0.2, 0.25) is 0 Å². The van der Waals surface area contributed by atoms with Crippen LogP contribution in [-0.4, -0.2) is 42.8 Å². The van der Waals surface area contributed by atoms with E-state index >= 15 is 0 Å². The van der Waals surface area contributed by atoms with Crippen LogP contribution in [0.1, 0.15) is 57.2 Å². The Labute approximate surface area is 153 Å². The molecule has 0 saturated heterocycles. The molecule has 6 nitrogen and oxygen atoms in total. The third kappa shape index (κ3) is 7.64. The van der Waals surface area contributed by atoms with Crippen LogP contribution in [0.2, 0.25) is 0 Å². The van der Waals surface area contributed by atoms with E-state index in [0.717, 1.165) is 0 Å². The van der Waals surface area contributed by atoms with Crippen molar-refractivity contribution in [1.82, 2.24) is 4.98 Å². The smallest absolute Gasteiger partial charge is 0.311 e. The second-order valence-corrected chi connectivity index (χ2v) is 10.7. The minimum Gasteiger partial charge on any atom is -0.469 e. The van der Waals surface area contributed by atoms with Gasteiger partial charge in [0.15, 0.2) is 9.84 Å². The number of Topliss-reactive ketones (excluding diaryl/α,β-unsaturated/α-hetero) is 1. The molecule has 0 spiro atoms. The Hall–Kier alpha value is -1.28. The number of nitrogens with zero attached hydrogens (tertiary/aromatic N) is 1. The van der Waals surface area contributed by atoms with Crippen molar-refractivity contribution in [2.24, 2.45) is 0 Å². The molecule has 25 heavy (non-hydrogen) atoms. The van der Waals surface area contributed by atoms with Gasteiger partial charge >= 0.3 is 5.97 Å². The van der Waals surface area contributed by atoms with E-state index in [0.29, 0.717) is 36.4 Å². The van der Waals surface area contributed by atoms with E-state index in [2.05, 4.69) is 9.72 Å². The van der Waals surface area contributed by atoms with Gasteiger partial charge in [0.25, 0.3) is 0 Å². The van der Waals surface area contributed by atoms with Crippen LogP contribution in [0, 0.1) is 0 Å². The van der Waals surface area contributed by atoms with E-state index in [1.165, 1.54) is 18.4 Å². The number of ether oxygens (including phenoxy) is 1. The first-order chi connectivity index (χ1) is 11.5. The first kappa shape index (κ1) is 21.8. The maximum Gasteiger partial charge on any atom is 0.311 e. The molecule has 0 aromatic carbocycles. The number of ketones is 1. The monoisotopic (exact) mass is 389 g/mol. The van der Waals surface area contributed by atoms with E-state index in [4.69, 9.17) is 0 Å². The SMILES string of the molecule is COC(=O)Cc1csc(CC(=O)CCCCCS(=O)(=O)C(C)(C)C)n1. The molecule has 1 heterocycles. The first-order valence-corrected chi connectivity index (χ1v) is 10.8. The molecule has 0 amide bonds. The number of unbranched alkanes of at least 4 members (excludes halogenated alkanes) is 2. The highest BCUT2D eigenvalue weighted by Gasteiger charge is 2.27. The fourth-order valence-electron chi connectivity index (χ4n) is 2.09. The summed E-state index contributed by atoms with van der Waals surface area (Å²) in [7, 11) is -1.76. The molecular weight excluding hydrogens is 362 g/mol. The van der Waals surface area contributed by atoms with Gasteiger partial charge in [0, 0.05) is 11.8 Å².